The van der Waals surface area contributed by atoms with Crippen molar-refractivity contribution in [3.63, 3.8) is 0 Å². The van der Waals surface area contributed by atoms with E-state index in [0.29, 0.717) is 21.8 Å². The van der Waals surface area contributed by atoms with Crippen LogP contribution in [0.4, 0.5) is 0 Å². The summed E-state index contributed by atoms with van der Waals surface area (Å²) < 4.78 is 3.31. The van der Waals surface area contributed by atoms with E-state index in [4.69, 9.17) is 11.6 Å². The summed E-state index contributed by atoms with van der Waals surface area (Å²) >= 11 is 6.57. The van der Waals surface area contributed by atoms with Crippen LogP contribution in [0.2, 0.25) is 5.15 Å². The fourth-order valence-corrected chi connectivity index (χ4v) is 5.34. The largest absolute Gasteiger partial charge is 0.338 e. The monoisotopic (exact) mass is 460 g/mol. The summed E-state index contributed by atoms with van der Waals surface area (Å²) in [4.78, 5) is 18.3. The van der Waals surface area contributed by atoms with E-state index in [0.717, 1.165) is 51.0 Å². The second-order valence-corrected chi connectivity index (χ2v) is 11.4. The number of nitrogens with zero attached hydrogens (tertiary/aromatic N) is 6. The summed E-state index contributed by atoms with van der Waals surface area (Å²) in [5.74, 6) is -0.00353. The third-order valence-corrected chi connectivity index (χ3v) is 7.65. The summed E-state index contributed by atoms with van der Waals surface area (Å²) in [6.07, 6.45) is 9.42. The number of piperidine rings is 2. The van der Waals surface area contributed by atoms with Crippen molar-refractivity contribution in [2.75, 3.05) is 32.7 Å². The van der Waals surface area contributed by atoms with Crippen molar-refractivity contribution in [3.8, 4) is 11.3 Å². The average Bonchev–Trinajstić information content (AvgIpc) is 3.30. The van der Waals surface area contributed by atoms with Crippen LogP contribution in [-0.2, 0) is 14.1 Å². The van der Waals surface area contributed by atoms with Gasteiger partial charge in [-0.1, -0.05) is 32.4 Å². The normalized spacial score (nSPS) is 19.6. The van der Waals surface area contributed by atoms with Crippen molar-refractivity contribution < 1.29 is 4.79 Å². The van der Waals surface area contributed by atoms with Gasteiger partial charge < -0.3 is 9.80 Å². The summed E-state index contributed by atoms with van der Waals surface area (Å²) in [5, 5.41) is 9.18. The Labute approximate surface area is 196 Å². The molecular formula is C24H37ClN6O. The van der Waals surface area contributed by atoms with E-state index in [-0.39, 0.29) is 11.3 Å². The van der Waals surface area contributed by atoms with Crippen molar-refractivity contribution in [2.24, 2.45) is 24.9 Å². The molecule has 2 fully saturated rings. The first-order valence-electron chi connectivity index (χ1n) is 11.8. The molecule has 2 aromatic rings. The highest BCUT2D eigenvalue weighted by molar-refractivity contribution is 6.33. The maximum Gasteiger partial charge on any atom is 0.259 e. The number of likely N-dealkylation sites (tertiary alicyclic amines) is 2. The van der Waals surface area contributed by atoms with Crippen LogP contribution < -0.4 is 0 Å². The minimum absolute atomic E-state index is 0.00353. The lowest BCUT2D eigenvalue weighted by atomic mass is 9.72. The van der Waals surface area contributed by atoms with Gasteiger partial charge in [0.15, 0.2) is 0 Å². The Bertz CT molecular complexity index is 964. The number of rotatable bonds is 4. The van der Waals surface area contributed by atoms with Crippen molar-refractivity contribution in [1.82, 2.24) is 29.4 Å². The quantitative estimate of drug-likeness (QED) is 0.685. The smallest absolute Gasteiger partial charge is 0.259 e. The number of carbonyl (C=O) groups excluding carboxylic acids is 1. The summed E-state index contributed by atoms with van der Waals surface area (Å²) in [5.41, 5.74) is 2.54. The van der Waals surface area contributed by atoms with Crippen LogP contribution in [-0.4, -0.2) is 68.0 Å². The van der Waals surface area contributed by atoms with Gasteiger partial charge in [-0.15, -0.1) is 0 Å². The number of hydrogen-bond acceptors (Lipinski definition) is 4. The molecule has 2 aliphatic heterocycles. The summed E-state index contributed by atoms with van der Waals surface area (Å²) in [6.45, 7) is 12.0. The maximum absolute atomic E-state index is 13.7. The fourth-order valence-electron chi connectivity index (χ4n) is 5.13. The van der Waals surface area contributed by atoms with Gasteiger partial charge in [0, 0.05) is 38.9 Å². The molecule has 0 aliphatic carbocycles. The number of amides is 1. The van der Waals surface area contributed by atoms with Crippen LogP contribution in [0.5, 0.6) is 0 Å². The van der Waals surface area contributed by atoms with Crippen molar-refractivity contribution in [3.05, 3.63) is 23.1 Å². The van der Waals surface area contributed by atoms with Gasteiger partial charge in [-0.2, -0.15) is 10.2 Å². The van der Waals surface area contributed by atoms with Gasteiger partial charge in [0.2, 0.25) is 0 Å². The van der Waals surface area contributed by atoms with Crippen LogP contribution in [0.15, 0.2) is 12.4 Å². The predicted molar refractivity (Wildman–Crippen MR) is 128 cm³/mol. The minimum atomic E-state index is -0.00353. The SMILES string of the molecule is Cn1cc(-c2nn(C)c(Cl)c2C(=O)N2CCCC3(CCN(CCC(C)(C)C)CC3)C2)cn1. The molecule has 2 saturated heterocycles. The number of carbonyl (C=O) groups is 1. The molecule has 4 heterocycles. The predicted octanol–water partition coefficient (Wildman–Crippen LogP) is 4.23. The van der Waals surface area contributed by atoms with E-state index in [1.807, 2.05) is 18.1 Å². The second-order valence-electron chi connectivity index (χ2n) is 11.0. The molecule has 0 radical (unpaired) electrons. The molecule has 0 aromatic carbocycles. The highest BCUT2D eigenvalue weighted by Gasteiger charge is 2.41. The fraction of sp³-hybridized carbons (Fsp3) is 0.708. The zero-order valence-corrected chi connectivity index (χ0v) is 21.0. The lowest BCUT2D eigenvalue weighted by molar-refractivity contribution is 0.0196. The van der Waals surface area contributed by atoms with Gasteiger partial charge in [-0.25, -0.2) is 0 Å². The molecule has 176 valence electrons. The van der Waals surface area contributed by atoms with Crippen LogP contribution in [0, 0.1) is 10.8 Å². The number of halogens is 1. The standard InChI is InChI=1S/C24H37ClN6O/c1-23(2,3)8-12-30-13-9-24(10-14-30)7-6-11-31(17-24)22(32)19-20(27-29(5)21(19)25)18-15-26-28(4)16-18/h15-16H,6-14,17H2,1-5H3. The molecule has 1 amide bonds. The Balaban J connectivity index is 1.47. The van der Waals surface area contributed by atoms with Crippen molar-refractivity contribution in [2.45, 2.75) is 52.9 Å². The van der Waals surface area contributed by atoms with Crippen LogP contribution in [0.3, 0.4) is 0 Å². The van der Waals surface area contributed by atoms with Crippen molar-refractivity contribution in [1.29, 1.82) is 0 Å². The topological polar surface area (TPSA) is 59.2 Å². The molecule has 2 aliphatic rings. The lowest BCUT2D eigenvalue weighted by Gasteiger charge is -2.48. The summed E-state index contributed by atoms with van der Waals surface area (Å²) in [6, 6.07) is 0. The second kappa shape index (κ2) is 8.82. The van der Waals surface area contributed by atoms with Gasteiger partial charge in [-0.05, 0) is 62.6 Å². The van der Waals surface area contributed by atoms with Crippen LogP contribution in [0.1, 0.15) is 63.2 Å². The number of hydrogen-bond donors (Lipinski definition) is 0. The minimum Gasteiger partial charge on any atom is -0.338 e. The van der Waals surface area contributed by atoms with E-state index in [9.17, 15) is 4.79 Å². The molecule has 2 aromatic heterocycles. The first kappa shape index (κ1) is 23.3. The van der Waals surface area contributed by atoms with Crippen molar-refractivity contribution >= 4 is 17.5 Å². The number of aryl methyl sites for hydroxylation is 2. The Morgan fingerprint density at radius 3 is 2.50 bits per heavy atom. The third-order valence-electron chi connectivity index (χ3n) is 7.21. The van der Waals surface area contributed by atoms with E-state index < -0.39 is 0 Å². The molecule has 8 heteroatoms. The van der Waals surface area contributed by atoms with E-state index >= 15 is 0 Å². The van der Waals surface area contributed by atoms with Gasteiger partial charge in [0.1, 0.15) is 16.4 Å². The molecule has 32 heavy (non-hydrogen) atoms. The van der Waals surface area contributed by atoms with E-state index in [1.165, 1.54) is 19.4 Å². The third kappa shape index (κ3) is 4.88. The van der Waals surface area contributed by atoms with Crippen LogP contribution in [0.25, 0.3) is 11.3 Å². The van der Waals surface area contributed by atoms with Gasteiger partial charge in [0.25, 0.3) is 5.91 Å². The van der Waals surface area contributed by atoms with Gasteiger partial charge >= 0.3 is 0 Å². The van der Waals surface area contributed by atoms with E-state index in [2.05, 4.69) is 35.9 Å². The number of aromatic nitrogens is 4. The lowest BCUT2D eigenvalue weighted by Crippen LogP contribution is -2.51. The molecular weight excluding hydrogens is 424 g/mol. The molecule has 1 spiro atoms. The molecule has 0 N–H and O–H groups in total. The molecule has 0 bridgehead atoms. The first-order chi connectivity index (χ1) is 15.1. The molecule has 7 nitrogen and oxygen atoms in total. The maximum atomic E-state index is 13.7. The molecule has 0 saturated carbocycles. The Morgan fingerprint density at radius 2 is 1.88 bits per heavy atom. The molecule has 4 rings (SSSR count). The average molecular weight is 461 g/mol. The van der Waals surface area contributed by atoms with Gasteiger partial charge in [-0.3, -0.25) is 14.2 Å². The zero-order valence-electron chi connectivity index (χ0n) is 20.2. The Hall–Kier alpha value is -1.86. The molecule has 0 unspecified atom stereocenters. The zero-order chi connectivity index (χ0) is 23.1. The highest BCUT2D eigenvalue weighted by atomic mass is 35.5. The summed E-state index contributed by atoms with van der Waals surface area (Å²) in [7, 11) is 3.64. The van der Waals surface area contributed by atoms with Crippen LogP contribution >= 0.6 is 11.6 Å². The first-order valence-corrected chi connectivity index (χ1v) is 12.2. The van der Waals surface area contributed by atoms with E-state index in [1.54, 1.807) is 22.6 Å². The Morgan fingerprint density at radius 1 is 1.16 bits per heavy atom. The highest BCUT2D eigenvalue weighted by Crippen LogP contribution is 2.41. The molecule has 0 atom stereocenters. The van der Waals surface area contributed by atoms with Gasteiger partial charge in [0.05, 0.1) is 6.20 Å². The Kier molecular flexibility index (Phi) is 6.43.